The lowest BCUT2D eigenvalue weighted by atomic mass is 10.1. The molecule has 0 radical (unpaired) electrons. The van der Waals surface area contributed by atoms with Crippen LogP contribution in [-0.2, 0) is 22.7 Å². The van der Waals surface area contributed by atoms with Gasteiger partial charge in [0.2, 0.25) is 11.7 Å². The number of aliphatic carboxylic acids is 2. The maximum absolute atomic E-state index is 12.4. The van der Waals surface area contributed by atoms with Gasteiger partial charge in [-0.25, -0.2) is 4.79 Å². The summed E-state index contributed by atoms with van der Waals surface area (Å²) >= 11 is 0. The molecule has 5 aromatic rings. The molecule has 0 saturated carbocycles. The van der Waals surface area contributed by atoms with Crippen molar-refractivity contribution < 1.29 is 29.3 Å². The van der Waals surface area contributed by atoms with Crippen molar-refractivity contribution in [2.45, 2.75) is 25.4 Å². The van der Waals surface area contributed by atoms with E-state index < -0.39 is 24.5 Å². The number of benzene rings is 3. The van der Waals surface area contributed by atoms with Crippen molar-refractivity contribution >= 4 is 28.6 Å². The molecule has 2 N–H and O–H groups in total. The van der Waals surface area contributed by atoms with Crippen molar-refractivity contribution in [1.82, 2.24) is 14.3 Å². The molecule has 202 valence electrons. The van der Waals surface area contributed by atoms with Crippen molar-refractivity contribution in [3.63, 3.8) is 0 Å². The van der Waals surface area contributed by atoms with Crippen LogP contribution in [-0.4, -0.2) is 48.9 Å². The Morgan fingerprint density at radius 2 is 1.52 bits per heavy atom. The van der Waals surface area contributed by atoms with E-state index in [0.29, 0.717) is 36.6 Å². The first-order valence-electron chi connectivity index (χ1n) is 12.8. The number of nitrogens with zero attached hydrogens (tertiary/aromatic N) is 3. The number of carboxylic acid groups (broad SMARTS) is 2. The molecular weight excluding hydrogens is 510 g/mol. The maximum Gasteiger partial charge on any atom is 0.341 e. The Bertz CT molecular complexity index is 1660. The van der Waals surface area contributed by atoms with Crippen LogP contribution in [0.15, 0.2) is 97.1 Å². The molecule has 3 aromatic carbocycles. The summed E-state index contributed by atoms with van der Waals surface area (Å²) in [6, 6.07) is 30.1. The van der Waals surface area contributed by atoms with Crippen LogP contribution < -0.4 is 4.74 Å². The number of ether oxygens (including phenoxy) is 1. The molecule has 1 atom stereocenters. The van der Waals surface area contributed by atoms with Gasteiger partial charge in [-0.1, -0.05) is 72.8 Å². The Labute approximate surface area is 229 Å². The highest BCUT2D eigenvalue weighted by atomic mass is 16.5. The van der Waals surface area contributed by atoms with Crippen LogP contribution in [0.3, 0.4) is 0 Å². The van der Waals surface area contributed by atoms with E-state index in [0.717, 1.165) is 22.2 Å². The first kappa shape index (κ1) is 26.4. The smallest absolute Gasteiger partial charge is 0.341 e. The molecule has 1 aliphatic rings. The van der Waals surface area contributed by atoms with Gasteiger partial charge in [0.25, 0.3) is 0 Å². The number of fused-ring (bicyclic) bond motifs is 2. The first-order chi connectivity index (χ1) is 19.4. The van der Waals surface area contributed by atoms with Gasteiger partial charge in [-0.2, -0.15) is 0 Å². The number of para-hydroxylation sites is 1. The Kier molecular flexibility index (Phi) is 7.72. The largest absolute Gasteiger partial charge is 0.481 e. The van der Waals surface area contributed by atoms with Crippen molar-refractivity contribution in [2.24, 2.45) is 0 Å². The second-order valence-electron chi connectivity index (χ2n) is 9.32. The molecule has 0 aliphatic carbocycles. The van der Waals surface area contributed by atoms with Gasteiger partial charge < -0.3 is 19.5 Å². The lowest BCUT2D eigenvalue weighted by molar-refractivity contribution is -0.140. The van der Waals surface area contributed by atoms with E-state index in [2.05, 4.69) is 5.10 Å². The fraction of sp³-hybridized carbons (Fsp3) is 0.161. The third-order valence-electron chi connectivity index (χ3n) is 6.71. The lowest BCUT2D eigenvalue weighted by Crippen LogP contribution is -2.10. The van der Waals surface area contributed by atoms with E-state index in [1.807, 2.05) is 82.0 Å². The zero-order chi connectivity index (χ0) is 28.1. The average molecular weight is 538 g/mol. The van der Waals surface area contributed by atoms with Gasteiger partial charge in [0, 0.05) is 17.8 Å². The minimum absolute atomic E-state index is 0.0575. The molecule has 0 amide bonds. The number of carboxylic acids is 2. The monoisotopic (exact) mass is 537 g/mol. The first-order valence-corrected chi connectivity index (χ1v) is 12.8. The zero-order valence-electron chi connectivity index (χ0n) is 21.5. The van der Waals surface area contributed by atoms with Crippen molar-refractivity contribution in [3.05, 3.63) is 120 Å². The number of hydrogen-bond acceptors (Lipinski definition) is 5. The fourth-order valence-corrected chi connectivity index (χ4v) is 4.84. The minimum Gasteiger partial charge on any atom is -0.481 e. The lowest BCUT2D eigenvalue weighted by Gasteiger charge is -2.05. The van der Waals surface area contributed by atoms with E-state index in [1.165, 1.54) is 0 Å². The SMILES string of the molecule is O=C(O)COc1nn(Cc2ccccc2)c2ccccc12.O=C(c1ccccc1)c1ccc2n1CCC2C(=O)O. The van der Waals surface area contributed by atoms with E-state index in [-0.39, 0.29) is 5.78 Å². The van der Waals surface area contributed by atoms with Gasteiger partial charge >= 0.3 is 11.9 Å². The Morgan fingerprint density at radius 3 is 2.23 bits per heavy atom. The summed E-state index contributed by atoms with van der Waals surface area (Å²) < 4.78 is 8.92. The predicted octanol–water partition coefficient (Wildman–Crippen LogP) is 4.84. The number of aromatic nitrogens is 3. The molecule has 2 aromatic heterocycles. The van der Waals surface area contributed by atoms with Gasteiger partial charge in [-0.15, -0.1) is 5.10 Å². The van der Waals surface area contributed by atoms with Crippen LogP contribution in [0.2, 0.25) is 0 Å². The zero-order valence-corrected chi connectivity index (χ0v) is 21.5. The highest BCUT2D eigenvalue weighted by Crippen LogP contribution is 2.31. The highest BCUT2D eigenvalue weighted by Gasteiger charge is 2.31. The van der Waals surface area contributed by atoms with Crippen LogP contribution in [0, 0.1) is 0 Å². The van der Waals surface area contributed by atoms with E-state index in [1.54, 1.807) is 24.3 Å². The van der Waals surface area contributed by atoms with Gasteiger partial charge in [-0.05, 0) is 36.2 Å². The minimum atomic E-state index is -1.02. The van der Waals surface area contributed by atoms with Crippen LogP contribution in [0.1, 0.15) is 39.6 Å². The van der Waals surface area contributed by atoms with Crippen LogP contribution in [0.5, 0.6) is 5.88 Å². The number of ketones is 1. The summed E-state index contributed by atoms with van der Waals surface area (Å²) in [5.74, 6) is -2.04. The van der Waals surface area contributed by atoms with Crippen molar-refractivity contribution in [1.29, 1.82) is 0 Å². The Morgan fingerprint density at radius 1 is 0.850 bits per heavy atom. The molecule has 3 heterocycles. The van der Waals surface area contributed by atoms with Crippen molar-refractivity contribution in [3.8, 4) is 5.88 Å². The topological polar surface area (TPSA) is 124 Å². The van der Waals surface area contributed by atoms with Crippen LogP contribution in [0.4, 0.5) is 0 Å². The second-order valence-corrected chi connectivity index (χ2v) is 9.32. The fourth-order valence-electron chi connectivity index (χ4n) is 4.84. The van der Waals surface area contributed by atoms with Crippen LogP contribution >= 0.6 is 0 Å². The molecule has 40 heavy (non-hydrogen) atoms. The third kappa shape index (κ3) is 5.63. The average Bonchev–Trinajstić information content (AvgIpc) is 3.67. The molecule has 9 nitrogen and oxygen atoms in total. The summed E-state index contributed by atoms with van der Waals surface area (Å²) in [5.41, 5.74) is 3.97. The van der Waals surface area contributed by atoms with E-state index in [9.17, 15) is 14.4 Å². The van der Waals surface area contributed by atoms with Crippen LogP contribution in [0.25, 0.3) is 10.9 Å². The highest BCUT2D eigenvalue weighted by molar-refractivity contribution is 6.08. The van der Waals surface area contributed by atoms with Gasteiger partial charge in [0.1, 0.15) is 0 Å². The summed E-state index contributed by atoms with van der Waals surface area (Å²) in [7, 11) is 0. The summed E-state index contributed by atoms with van der Waals surface area (Å²) in [4.78, 5) is 34.1. The molecule has 0 saturated heterocycles. The standard InChI is InChI=1S/C16H14N2O3.C15H13NO3/c19-15(20)11-21-16-13-8-4-5-9-14(13)18(17-16)10-12-6-2-1-3-7-12;17-14(10-4-2-1-3-5-10)13-7-6-12-11(15(18)19)8-9-16(12)13/h1-9H,10-11H2,(H,19,20);1-7,11H,8-9H2,(H,18,19). The molecule has 9 heteroatoms. The molecule has 6 rings (SSSR count). The van der Waals surface area contributed by atoms with E-state index >= 15 is 0 Å². The molecular formula is C31H27N3O6. The number of hydrogen-bond donors (Lipinski definition) is 2. The second kappa shape index (κ2) is 11.7. The maximum atomic E-state index is 12.4. The van der Waals surface area contributed by atoms with Gasteiger partial charge in [0.15, 0.2) is 6.61 Å². The Hall–Kier alpha value is -5.18. The Balaban J connectivity index is 0.000000162. The normalized spacial score (nSPS) is 13.8. The van der Waals surface area contributed by atoms with Crippen molar-refractivity contribution in [2.75, 3.05) is 6.61 Å². The summed E-state index contributed by atoms with van der Waals surface area (Å²) in [6.45, 7) is 0.803. The molecule has 1 unspecified atom stereocenters. The molecule has 0 bridgehead atoms. The number of rotatable bonds is 8. The summed E-state index contributed by atoms with van der Waals surface area (Å²) in [6.07, 6.45) is 0.556. The molecule has 1 aliphatic heterocycles. The number of carbonyl (C=O) groups excluding carboxylic acids is 1. The predicted molar refractivity (Wildman–Crippen MR) is 148 cm³/mol. The van der Waals surface area contributed by atoms with Gasteiger partial charge in [0.05, 0.1) is 29.1 Å². The number of carbonyl (C=O) groups is 3. The summed E-state index contributed by atoms with van der Waals surface area (Å²) in [5, 5.41) is 23.1. The quantitative estimate of drug-likeness (QED) is 0.272. The molecule has 0 spiro atoms. The molecule has 0 fully saturated rings. The third-order valence-corrected chi connectivity index (χ3v) is 6.71. The van der Waals surface area contributed by atoms with Gasteiger partial charge in [-0.3, -0.25) is 14.3 Å². The van der Waals surface area contributed by atoms with E-state index in [4.69, 9.17) is 14.9 Å².